The summed E-state index contributed by atoms with van der Waals surface area (Å²) in [5, 5.41) is 21.3. The molecule has 1 aliphatic rings. The number of carbonyl (C=O) groups excluding carboxylic acids is 1. The minimum absolute atomic E-state index is 0.0181. The first-order valence-electron chi connectivity index (χ1n) is 10.1. The van der Waals surface area contributed by atoms with Crippen LogP contribution in [0.4, 0.5) is 13.8 Å². The molecule has 8 nitrogen and oxygen atoms in total. The van der Waals surface area contributed by atoms with E-state index in [1.165, 1.54) is 45.2 Å². The molecule has 1 atom stereocenters. The molecule has 12 heteroatoms. The first kappa shape index (κ1) is 23.0. The van der Waals surface area contributed by atoms with Crippen molar-refractivity contribution >= 4 is 34.0 Å². The fourth-order valence-electron chi connectivity index (χ4n) is 3.61. The number of nitrogens with two attached hydrogens (primary N) is 1. The van der Waals surface area contributed by atoms with E-state index in [1.807, 2.05) is 0 Å². The number of carbonyl (C=O) groups is 1. The number of alkyl halides is 2. The van der Waals surface area contributed by atoms with Gasteiger partial charge >= 0.3 is 6.61 Å². The SMILES string of the molecule is CC1CCc2c(sc(NC(=O)CSc3nnc(-c4ccc(OC(F)F)cc4)n3N)c2C#N)C1. The van der Waals surface area contributed by atoms with E-state index in [1.54, 1.807) is 0 Å². The molecule has 3 aromatic rings. The van der Waals surface area contributed by atoms with Crippen molar-refractivity contribution in [2.75, 3.05) is 16.9 Å². The third-order valence-electron chi connectivity index (χ3n) is 5.21. The third kappa shape index (κ3) is 5.09. The van der Waals surface area contributed by atoms with Crippen LogP contribution in [0, 0.1) is 17.2 Å². The number of nitrogens with one attached hydrogen (secondary N) is 1. The number of nitrogen functional groups attached to an aromatic ring is 1. The summed E-state index contributed by atoms with van der Waals surface area (Å²) in [5.74, 6) is 6.72. The van der Waals surface area contributed by atoms with E-state index in [0.29, 0.717) is 33.0 Å². The van der Waals surface area contributed by atoms with E-state index in [2.05, 4.69) is 33.2 Å². The van der Waals surface area contributed by atoms with E-state index in [-0.39, 0.29) is 17.4 Å². The molecule has 3 N–H and O–H groups in total. The smallest absolute Gasteiger partial charge is 0.387 e. The van der Waals surface area contributed by atoms with E-state index in [0.717, 1.165) is 36.6 Å². The van der Waals surface area contributed by atoms with Crippen LogP contribution in [0.2, 0.25) is 0 Å². The number of fused-ring (bicyclic) bond motifs is 1. The van der Waals surface area contributed by atoms with E-state index < -0.39 is 6.61 Å². The molecule has 1 unspecified atom stereocenters. The number of hydrogen-bond donors (Lipinski definition) is 2. The Morgan fingerprint density at radius 3 is 2.88 bits per heavy atom. The first-order valence-corrected chi connectivity index (χ1v) is 11.9. The van der Waals surface area contributed by atoms with Crippen LogP contribution in [0.5, 0.6) is 5.75 Å². The minimum Gasteiger partial charge on any atom is -0.435 e. The number of thiophene rings is 1. The van der Waals surface area contributed by atoms with E-state index >= 15 is 0 Å². The second-order valence-electron chi connectivity index (χ2n) is 7.58. The Labute approximate surface area is 196 Å². The summed E-state index contributed by atoms with van der Waals surface area (Å²) in [5.41, 5.74) is 2.17. The Morgan fingerprint density at radius 1 is 1.42 bits per heavy atom. The van der Waals surface area contributed by atoms with Crippen LogP contribution in [0.1, 0.15) is 29.3 Å². The summed E-state index contributed by atoms with van der Waals surface area (Å²) in [6.07, 6.45) is 2.82. The predicted molar refractivity (Wildman–Crippen MR) is 122 cm³/mol. The molecular formula is C21H20F2N6O2S2. The zero-order chi connectivity index (χ0) is 23.5. The largest absolute Gasteiger partial charge is 0.435 e. The summed E-state index contributed by atoms with van der Waals surface area (Å²) in [6.45, 7) is -0.720. The predicted octanol–water partition coefficient (Wildman–Crippen LogP) is 4.05. The van der Waals surface area contributed by atoms with Crippen molar-refractivity contribution in [1.29, 1.82) is 5.26 Å². The van der Waals surface area contributed by atoms with Crippen molar-refractivity contribution < 1.29 is 18.3 Å². The van der Waals surface area contributed by atoms with Gasteiger partial charge in [0.2, 0.25) is 11.1 Å². The van der Waals surface area contributed by atoms with Crippen LogP contribution in [-0.2, 0) is 17.6 Å². The van der Waals surface area contributed by atoms with Gasteiger partial charge in [-0.2, -0.15) is 14.0 Å². The van der Waals surface area contributed by atoms with Crippen LogP contribution in [0.15, 0.2) is 29.4 Å². The molecule has 0 spiro atoms. The second kappa shape index (κ2) is 9.76. The maximum Gasteiger partial charge on any atom is 0.387 e. The molecule has 0 radical (unpaired) electrons. The number of halogens is 2. The average Bonchev–Trinajstić information content (AvgIpc) is 3.31. The van der Waals surface area contributed by atoms with Crippen molar-refractivity contribution in [3.63, 3.8) is 0 Å². The number of nitriles is 1. The second-order valence-corrected chi connectivity index (χ2v) is 9.63. The standard InChI is InChI=1S/C21H20F2N6O2S2/c1-11-2-7-14-15(9-24)19(33-16(14)8-11)26-17(30)10-32-21-28-27-18(29(21)25)12-3-5-13(6-4-12)31-20(22)23/h3-6,11,20H,2,7-8,10,25H2,1H3,(H,26,30). The maximum absolute atomic E-state index is 12.5. The lowest BCUT2D eigenvalue weighted by Gasteiger charge is -2.17. The Kier molecular flexibility index (Phi) is 6.80. The monoisotopic (exact) mass is 490 g/mol. The van der Waals surface area contributed by atoms with Gasteiger partial charge in [0.15, 0.2) is 5.82 Å². The van der Waals surface area contributed by atoms with Crippen LogP contribution < -0.4 is 15.9 Å². The lowest BCUT2D eigenvalue weighted by molar-refractivity contribution is -0.113. The molecule has 4 rings (SSSR count). The van der Waals surface area contributed by atoms with Crippen LogP contribution in [0.25, 0.3) is 11.4 Å². The van der Waals surface area contributed by atoms with Gasteiger partial charge in [-0.25, -0.2) is 4.68 Å². The maximum atomic E-state index is 12.5. The molecule has 1 aliphatic carbocycles. The normalized spacial score (nSPS) is 15.2. The number of benzene rings is 1. The Bertz CT molecular complexity index is 1200. The zero-order valence-electron chi connectivity index (χ0n) is 17.5. The van der Waals surface area contributed by atoms with Gasteiger partial charge in [-0.15, -0.1) is 21.5 Å². The molecule has 33 heavy (non-hydrogen) atoms. The lowest BCUT2D eigenvalue weighted by atomic mass is 9.89. The summed E-state index contributed by atoms with van der Waals surface area (Å²) in [6, 6.07) is 8.07. The highest BCUT2D eigenvalue weighted by molar-refractivity contribution is 7.99. The highest BCUT2D eigenvalue weighted by atomic mass is 32.2. The molecule has 0 saturated carbocycles. The van der Waals surface area contributed by atoms with Crippen molar-refractivity contribution in [1.82, 2.24) is 14.9 Å². The minimum atomic E-state index is -2.91. The summed E-state index contributed by atoms with van der Waals surface area (Å²) in [7, 11) is 0. The first-order chi connectivity index (χ1) is 15.9. The molecule has 0 fully saturated rings. The summed E-state index contributed by atoms with van der Waals surface area (Å²) < 4.78 is 30.2. The fraction of sp³-hybridized carbons (Fsp3) is 0.333. The molecule has 2 aromatic heterocycles. The Hall–Kier alpha value is -3.17. The van der Waals surface area contributed by atoms with Gasteiger partial charge in [-0.1, -0.05) is 18.7 Å². The van der Waals surface area contributed by atoms with E-state index in [4.69, 9.17) is 5.84 Å². The number of rotatable bonds is 7. The summed E-state index contributed by atoms with van der Waals surface area (Å²) in [4.78, 5) is 13.7. The van der Waals surface area contributed by atoms with Gasteiger partial charge in [0, 0.05) is 10.4 Å². The molecule has 0 aliphatic heterocycles. The number of nitrogens with zero attached hydrogens (tertiary/aromatic N) is 4. The molecule has 2 heterocycles. The highest BCUT2D eigenvalue weighted by Crippen LogP contribution is 2.39. The van der Waals surface area contributed by atoms with Crippen molar-refractivity contribution in [3.8, 4) is 23.2 Å². The highest BCUT2D eigenvalue weighted by Gasteiger charge is 2.25. The number of amides is 1. The van der Waals surface area contributed by atoms with Crippen molar-refractivity contribution in [3.05, 3.63) is 40.3 Å². The molecule has 0 bridgehead atoms. The molecular weight excluding hydrogens is 470 g/mol. The van der Waals surface area contributed by atoms with Gasteiger partial charge in [0.1, 0.15) is 16.8 Å². The quantitative estimate of drug-likeness (QED) is 0.379. The molecule has 172 valence electrons. The topological polar surface area (TPSA) is 119 Å². The van der Waals surface area contributed by atoms with Crippen molar-refractivity contribution in [2.24, 2.45) is 5.92 Å². The fourth-order valence-corrected chi connectivity index (χ4v) is 5.64. The number of thioether (sulfide) groups is 1. The van der Waals surface area contributed by atoms with Gasteiger partial charge in [0.05, 0.1) is 11.3 Å². The number of hydrogen-bond acceptors (Lipinski definition) is 8. The van der Waals surface area contributed by atoms with Gasteiger partial charge in [-0.05, 0) is 55.0 Å². The summed E-state index contributed by atoms with van der Waals surface area (Å²) >= 11 is 2.57. The molecule has 1 aromatic carbocycles. The number of anilines is 1. The lowest BCUT2D eigenvalue weighted by Crippen LogP contribution is -2.16. The molecule has 0 saturated heterocycles. The number of ether oxygens (including phenoxy) is 1. The van der Waals surface area contributed by atoms with E-state index in [9.17, 15) is 18.8 Å². The third-order valence-corrected chi connectivity index (χ3v) is 7.32. The van der Waals surface area contributed by atoms with Crippen LogP contribution >= 0.6 is 23.1 Å². The Balaban J connectivity index is 1.40. The van der Waals surface area contributed by atoms with Gasteiger partial charge in [0.25, 0.3) is 0 Å². The van der Waals surface area contributed by atoms with Crippen molar-refractivity contribution in [2.45, 2.75) is 38.0 Å². The van der Waals surface area contributed by atoms with Crippen LogP contribution in [0.3, 0.4) is 0 Å². The average molecular weight is 491 g/mol. The van der Waals surface area contributed by atoms with Crippen LogP contribution in [-0.4, -0.2) is 33.1 Å². The zero-order valence-corrected chi connectivity index (χ0v) is 19.2. The molecule has 1 amide bonds. The van der Waals surface area contributed by atoms with Gasteiger partial charge < -0.3 is 15.9 Å². The Morgan fingerprint density at radius 2 is 2.18 bits per heavy atom. The van der Waals surface area contributed by atoms with Gasteiger partial charge in [-0.3, -0.25) is 4.79 Å². The number of aromatic nitrogens is 3.